The van der Waals surface area contributed by atoms with Gasteiger partial charge in [0.05, 0.1) is 5.39 Å². The van der Waals surface area contributed by atoms with Gasteiger partial charge in [0.1, 0.15) is 35.8 Å². The van der Waals surface area contributed by atoms with E-state index in [0.29, 0.717) is 22.5 Å². The van der Waals surface area contributed by atoms with Crippen molar-refractivity contribution >= 4 is 11.0 Å². The number of ether oxygens (including phenoxy) is 2. The summed E-state index contributed by atoms with van der Waals surface area (Å²) in [5.41, 5.74) is 3.12. The standard InChI is InChI=1S/C28H19FO4/c29-22-10-6-19(7-11-22)17-31-24-14-15-25-26(16-24)32-18-27(28(25)30)33-23-12-8-21(9-13-23)20-4-2-1-3-5-20/h1-16,18H,17H2. The van der Waals surface area contributed by atoms with Crippen LogP contribution < -0.4 is 14.9 Å². The Labute approximate surface area is 189 Å². The first kappa shape index (κ1) is 20.5. The first-order valence-corrected chi connectivity index (χ1v) is 10.4. The van der Waals surface area contributed by atoms with E-state index in [9.17, 15) is 9.18 Å². The van der Waals surface area contributed by atoms with Crippen molar-refractivity contribution in [1.82, 2.24) is 0 Å². The first-order chi connectivity index (χ1) is 16.2. The molecule has 0 spiro atoms. The van der Waals surface area contributed by atoms with Crippen molar-refractivity contribution in [1.29, 1.82) is 0 Å². The van der Waals surface area contributed by atoms with Crippen LogP contribution in [0.2, 0.25) is 0 Å². The average Bonchev–Trinajstić information content (AvgIpc) is 2.86. The van der Waals surface area contributed by atoms with Gasteiger partial charge in [-0.3, -0.25) is 4.79 Å². The van der Waals surface area contributed by atoms with Crippen molar-refractivity contribution in [2.75, 3.05) is 0 Å². The Morgan fingerprint density at radius 1 is 0.758 bits per heavy atom. The van der Waals surface area contributed by atoms with E-state index in [1.807, 2.05) is 54.6 Å². The highest BCUT2D eigenvalue weighted by Crippen LogP contribution is 2.27. The highest BCUT2D eigenvalue weighted by Gasteiger charge is 2.11. The fourth-order valence-corrected chi connectivity index (χ4v) is 3.47. The lowest BCUT2D eigenvalue weighted by Gasteiger charge is -2.09. The summed E-state index contributed by atoms with van der Waals surface area (Å²) in [5.74, 6) is 0.895. The fraction of sp³-hybridized carbons (Fsp3) is 0.0357. The van der Waals surface area contributed by atoms with Crippen LogP contribution in [0.4, 0.5) is 4.39 Å². The monoisotopic (exact) mass is 438 g/mol. The second kappa shape index (κ2) is 9.01. The number of hydrogen-bond acceptors (Lipinski definition) is 4. The van der Waals surface area contributed by atoms with E-state index in [2.05, 4.69) is 0 Å². The van der Waals surface area contributed by atoms with Gasteiger partial charge >= 0.3 is 0 Å². The normalized spacial score (nSPS) is 10.8. The second-order valence-electron chi connectivity index (χ2n) is 7.49. The van der Waals surface area contributed by atoms with E-state index in [1.54, 1.807) is 30.3 Å². The summed E-state index contributed by atoms with van der Waals surface area (Å²) >= 11 is 0. The van der Waals surface area contributed by atoms with Crippen molar-refractivity contribution in [3.05, 3.63) is 125 Å². The predicted molar refractivity (Wildman–Crippen MR) is 125 cm³/mol. The van der Waals surface area contributed by atoms with Crippen LogP contribution in [0, 0.1) is 5.82 Å². The summed E-state index contributed by atoms with van der Waals surface area (Å²) < 4.78 is 30.2. The topological polar surface area (TPSA) is 48.7 Å². The molecule has 5 heteroatoms. The number of fused-ring (bicyclic) bond motifs is 1. The highest BCUT2D eigenvalue weighted by atomic mass is 19.1. The molecule has 0 aliphatic rings. The summed E-state index contributed by atoms with van der Waals surface area (Å²) in [4.78, 5) is 12.9. The third kappa shape index (κ3) is 4.62. The smallest absolute Gasteiger partial charge is 0.235 e. The molecule has 33 heavy (non-hydrogen) atoms. The fourth-order valence-electron chi connectivity index (χ4n) is 3.47. The van der Waals surface area contributed by atoms with E-state index in [4.69, 9.17) is 13.9 Å². The minimum absolute atomic E-state index is 0.106. The van der Waals surface area contributed by atoms with Gasteiger partial charge in [-0.2, -0.15) is 0 Å². The van der Waals surface area contributed by atoms with Crippen LogP contribution >= 0.6 is 0 Å². The lowest BCUT2D eigenvalue weighted by Crippen LogP contribution is -2.05. The maximum Gasteiger partial charge on any atom is 0.235 e. The zero-order chi connectivity index (χ0) is 22.6. The molecule has 0 unspecified atom stereocenters. The third-order valence-corrected chi connectivity index (χ3v) is 5.22. The number of benzene rings is 4. The minimum atomic E-state index is -0.295. The predicted octanol–water partition coefficient (Wildman–Crippen LogP) is 6.97. The molecular formula is C28H19FO4. The van der Waals surface area contributed by atoms with Gasteiger partial charge in [0.15, 0.2) is 0 Å². The number of hydrogen-bond donors (Lipinski definition) is 0. The van der Waals surface area contributed by atoms with Crippen LogP contribution in [-0.4, -0.2) is 0 Å². The molecule has 1 heterocycles. The molecule has 0 saturated heterocycles. The Hall–Kier alpha value is -4.38. The van der Waals surface area contributed by atoms with E-state index >= 15 is 0 Å². The largest absolute Gasteiger partial charge is 0.489 e. The first-order valence-electron chi connectivity index (χ1n) is 10.4. The number of halogens is 1. The molecule has 5 rings (SSSR count). The molecule has 0 atom stereocenters. The third-order valence-electron chi connectivity index (χ3n) is 5.22. The SMILES string of the molecule is O=c1c(Oc2ccc(-c3ccccc3)cc2)coc2cc(OCc3ccc(F)cc3)ccc12. The molecule has 0 saturated carbocycles. The molecule has 1 aromatic heterocycles. The van der Waals surface area contributed by atoms with E-state index < -0.39 is 0 Å². The van der Waals surface area contributed by atoms with Crippen LogP contribution in [0.15, 0.2) is 113 Å². The van der Waals surface area contributed by atoms with E-state index in [-0.39, 0.29) is 23.6 Å². The molecule has 0 N–H and O–H groups in total. The molecule has 0 radical (unpaired) electrons. The zero-order valence-electron chi connectivity index (χ0n) is 17.5. The van der Waals surface area contributed by atoms with Gasteiger partial charge in [-0.25, -0.2) is 4.39 Å². The van der Waals surface area contributed by atoms with Crippen LogP contribution in [0.5, 0.6) is 17.2 Å². The van der Waals surface area contributed by atoms with Gasteiger partial charge in [-0.1, -0.05) is 54.6 Å². The van der Waals surface area contributed by atoms with Crippen LogP contribution in [0.3, 0.4) is 0 Å². The zero-order valence-corrected chi connectivity index (χ0v) is 17.5. The molecule has 0 aliphatic carbocycles. The Morgan fingerprint density at radius 2 is 1.45 bits per heavy atom. The summed E-state index contributed by atoms with van der Waals surface area (Å²) in [7, 11) is 0. The molecule has 5 aromatic rings. The average molecular weight is 438 g/mol. The summed E-state index contributed by atoms with van der Waals surface area (Å²) in [6, 6.07) is 28.6. The summed E-state index contributed by atoms with van der Waals surface area (Å²) in [5, 5.41) is 0.391. The molecule has 0 fully saturated rings. The summed E-state index contributed by atoms with van der Waals surface area (Å²) in [6.07, 6.45) is 1.31. The van der Waals surface area contributed by atoms with Gasteiger partial charge in [0, 0.05) is 6.07 Å². The quantitative estimate of drug-likeness (QED) is 0.287. The Bertz CT molecular complexity index is 1440. The summed E-state index contributed by atoms with van der Waals surface area (Å²) in [6.45, 7) is 0.274. The maximum absolute atomic E-state index is 13.0. The Balaban J connectivity index is 1.32. The maximum atomic E-state index is 13.0. The van der Waals surface area contributed by atoms with Crippen LogP contribution in [0.1, 0.15) is 5.56 Å². The van der Waals surface area contributed by atoms with Gasteiger partial charge in [0.25, 0.3) is 0 Å². The lowest BCUT2D eigenvalue weighted by molar-refractivity contribution is 0.306. The Kier molecular flexibility index (Phi) is 5.60. The molecule has 4 aromatic carbocycles. The van der Waals surface area contributed by atoms with Crippen molar-refractivity contribution < 1.29 is 18.3 Å². The molecule has 4 nitrogen and oxygen atoms in total. The Morgan fingerprint density at radius 3 is 2.21 bits per heavy atom. The molecular weight excluding hydrogens is 419 g/mol. The van der Waals surface area contributed by atoms with Crippen molar-refractivity contribution in [2.45, 2.75) is 6.61 Å². The molecule has 0 amide bonds. The van der Waals surface area contributed by atoms with Crippen molar-refractivity contribution in [3.63, 3.8) is 0 Å². The van der Waals surface area contributed by atoms with Crippen LogP contribution in [0.25, 0.3) is 22.1 Å². The van der Waals surface area contributed by atoms with Gasteiger partial charge in [0.2, 0.25) is 11.2 Å². The van der Waals surface area contributed by atoms with Gasteiger partial charge in [-0.15, -0.1) is 0 Å². The number of rotatable bonds is 6. The van der Waals surface area contributed by atoms with Crippen molar-refractivity contribution in [3.8, 4) is 28.4 Å². The van der Waals surface area contributed by atoms with Crippen molar-refractivity contribution in [2.24, 2.45) is 0 Å². The molecule has 0 bridgehead atoms. The highest BCUT2D eigenvalue weighted by molar-refractivity contribution is 5.79. The minimum Gasteiger partial charge on any atom is -0.489 e. The van der Waals surface area contributed by atoms with E-state index in [1.165, 1.54) is 18.4 Å². The van der Waals surface area contributed by atoms with Gasteiger partial charge < -0.3 is 13.9 Å². The van der Waals surface area contributed by atoms with E-state index in [0.717, 1.165) is 16.7 Å². The van der Waals surface area contributed by atoms with Crippen LogP contribution in [-0.2, 0) is 6.61 Å². The lowest BCUT2D eigenvalue weighted by atomic mass is 10.1. The molecule has 162 valence electrons. The second-order valence-corrected chi connectivity index (χ2v) is 7.49. The molecule has 0 aliphatic heterocycles. The van der Waals surface area contributed by atoms with Gasteiger partial charge in [-0.05, 0) is 53.1 Å².